The van der Waals surface area contributed by atoms with E-state index in [0.717, 1.165) is 18.1 Å². The molecular weight excluding hydrogens is 357 g/mol. The average molecular weight is 374 g/mol. The molecule has 23 heavy (non-hydrogen) atoms. The van der Waals surface area contributed by atoms with Crippen LogP contribution in [-0.2, 0) is 10.0 Å². The van der Waals surface area contributed by atoms with Gasteiger partial charge in [0.1, 0.15) is 4.90 Å². The summed E-state index contributed by atoms with van der Waals surface area (Å²) in [5, 5.41) is 9.88. The SMILES string of the molecule is CCC(C)c1ccc(NS(=O)(=O)c2cc(Cl)cc(Cl)c2O)cc1. The number of nitrogens with one attached hydrogen (secondary N) is 1. The highest BCUT2D eigenvalue weighted by molar-refractivity contribution is 7.92. The number of anilines is 1. The van der Waals surface area contributed by atoms with Crippen molar-refractivity contribution in [3.8, 4) is 5.75 Å². The lowest BCUT2D eigenvalue weighted by atomic mass is 9.99. The monoisotopic (exact) mass is 373 g/mol. The fraction of sp³-hybridized carbons (Fsp3) is 0.250. The first-order chi connectivity index (χ1) is 10.7. The summed E-state index contributed by atoms with van der Waals surface area (Å²) in [6.07, 6.45) is 1.000. The van der Waals surface area contributed by atoms with Crippen molar-refractivity contribution in [3.63, 3.8) is 0 Å². The van der Waals surface area contributed by atoms with Gasteiger partial charge < -0.3 is 5.11 Å². The number of rotatable bonds is 5. The molecule has 0 amide bonds. The van der Waals surface area contributed by atoms with E-state index in [9.17, 15) is 13.5 Å². The molecule has 0 heterocycles. The Morgan fingerprint density at radius 3 is 2.35 bits per heavy atom. The summed E-state index contributed by atoms with van der Waals surface area (Å²) in [6, 6.07) is 9.54. The number of benzene rings is 2. The molecule has 0 aliphatic heterocycles. The van der Waals surface area contributed by atoms with Crippen molar-refractivity contribution in [1.82, 2.24) is 0 Å². The van der Waals surface area contributed by atoms with Crippen LogP contribution in [0.5, 0.6) is 5.75 Å². The minimum Gasteiger partial charge on any atom is -0.505 e. The van der Waals surface area contributed by atoms with Crippen LogP contribution in [0.25, 0.3) is 0 Å². The van der Waals surface area contributed by atoms with Gasteiger partial charge in [-0.1, -0.05) is 49.2 Å². The molecule has 0 aromatic heterocycles. The highest BCUT2D eigenvalue weighted by Crippen LogP contribution is 2.35. The van der Waals surface area contributed by atoms with E-state index in [2.05, 4.69) is 18.6 Å². The average Bonchev–Trinajstić information content (AvgIpc) is 2.50. The smallest absolute Gasteiger partial charge is 0.265 e. The number of phenols is 1. The van der Waals surface area contributed by atoms with Gasteiger partial charge in [-0.15, -0.1) is 0 Å². The van der Waals surface area contributed by atoms with Crippen molar-refractivity contribution in [2.45, 2.75) is 31.1 Å². The molecule has 2 aromatic carbocycles. The third-order valence-electron chi connectivity index (χ3n) is 3.63. The predicted molar refractivity (Wildman–Crippen MR) is 94.1 cm³/mol. The fourth-order valence-electron chi connectivity index (χ4n) is 2.07. The van der Waals surface area contributed by atoms with Crippen LogP contribution in [0.4, 0.5) is 5.69 Å². The van der Waals surface area contributed by atoms with Gasteiger partial charge in [0.25, 0.3) is 10.0 Å². The van der Waals surface area contributed by atoms with E-state index >= 15 is 0 Å². The second-order valence-corrected chi connectivity index (χ2v) is 7.77. The lowest BCUT2D eigenvalue weighted by molar-refractivity contribution is 0.459. The van der Waals surface area contributed by atoms with Crippen LogP contribution in [0.3, 0.4) is 0 Å². The minimum absolute atomic E-state index is 0.120. The normalized spacial score (nSPS) is 12.9. The number of sulfonamides is 1. The molecule has 4 nitrogen and oxygen atoms in total. The van der Waals surface area contributed by atoms with Crippen LogP contribution in [0.15, 0.2) is 41.3 Å². The summed E-state index contributed by atoms with van der Waals surface area (Å²) in [5.41, 5.74) is 1.52. The second-order valence-electron chi connectivity index (χ2n) is 5.27. The van der Waals surface area contributed by atoms with Crippen molar-refractivity contribution < 1.29 is 13.5 Å². The Morgan fingerprint density at radius 1 is 1.17 bits per heavy atom. The van der Waals surface area contributed by atoms with Gasteiger partial charge in [-0.2, -0.15) is 0 Å². The zero-order valence-corrected chi connectivity index (χ0v) is 15.0. The Balaban J connectivity index is 2.32. The fourth-order valence-corrected chi connectivity index (χ4v) is 3.89. The molecule has 0 spiro atoms. The van der Waals surface area contributed by atoms with Gasteiger partial charge in [-0.25, -0.2) is 8.42 Å². The highest BCUT2D eigenvalue weighted by Gasteiger charge is 2.22. The topological polar surface area (TPSA) is 66.4 Å². The molecule has 124 valence electrons. The summed E-state index contributed by atoms with van der Waals surface area (Å²) in [6.45, 7) is 4.19. The van der Waals surface area contributed by atoms with Crippen molar-refractivity contribution in [3.05, 3.63) is 52.0 Å². The van der Waals surface area contributed by atoms with Gasteiger partial charge >= 0.3 is 0 Å². The van der Waals surface area contributed by atoms with E-state index in [1.54, 1.807) is 12.1 Å². The summed E-state index contributed by atoms with van der Waals surface area (Å²) in [7, 11) is -4.00. The van der Waals surface area contributed by atoms with Crippen LogP contribution >= 0.6 is 23.2 Å². The van der Waals surface area contributed by atoms with E-state index in [1.165, 1.54) is 6.07 Å². The standard InChI is InChI=1S/C16H17Cl2NO3S/c1-3-10(2)11-4-6-13(7-5-11)19-23(21,22)15-9-12(17)8-14(18)16(15)20/h4-10,19-20H,3H2,1-2H3. The first-order valence-electron chi connectivity index (χ1n) is 7.05. The largest absolute Gasteiger partial charge is 0.505 e. The van der Waals surface area contributed by atoms with Crippen LogP contribution in [0.2, 0.25) is 10.0 Å². The van der Waals surface area contributed by atoms with Crippen molar-refractivity contribution in [2.24, 2.45) is 0 Å². The predicted octanol–water partition coefficient (Wildman–Crippen LogP) is 5.01. The van der Waals surface area contributed by atoms with Gasteiger partial charge in [-0.3, -0.25) is 4.72 Å². The van der Waals surface area contributed by atoms with Crippen molar-refractivity contribution in [1.29, 1.82) is 0 Å². The molecule has 0 aliphatic carbocycles. The summed E-state index contributed by atoms with van der Waals surface area (Å²) in [5.74, 6) is -0.128. The van der Waals surface area contributed by atoms with Crippen molar-refractivity contribution >= 4 is 38.9 Å². The van der Waals surface area contributed by atoms with Gasteiger partial charge in [0, 0.05) is 10.7 Å². The first kappa shape index (κ1) is 17.9. The summed E-state index contributed by atoms with van der Waals surface area (Å²) in [4.78, 5) is -0.360. The van der Waals surface area contributed by atoms with Crippen LogP contribution in [0, 0.1) is 0 Å². The maximum absolute atomic E-state index is 12.4. The van der Waals surface area contributed by atoms with E-state index < -0.39 is 15.8 Å². The Kier molecular flexibility index (Phi) is 5.45. The van der Waals surface area contributed by atoms with Crippen LogP contribution < -0.4 is 4.72 Å². The van der Waals surface area contributed by atoms with E-state index in [-0.39, 0.29) is 14.9 Å². The lowest BCUT2D eigenvalue weighted by Crippen LogP contribution is -2.13. The van der Waals surface area contributed by atoms with Gasteiger partial charge in [0.05, 0.1) is 5.02 Å². The van der Waals surface area contributed by atoms with Gasteiger partial charge in [0.15, 0.2) is 5.75 Å². The molecule has 2 aromatic rings. The maximum Gasteiger partial charge on any atom is 0.265 e. The molecule has 0 saturated carbocycles. The Hall–Kier alpha value is -1.43. The third kappa shape index (κ3) is 4.10. The van der Waals surface area contributed by atoms with Crippen LogP contribution in [0.1, 0.15) is 31.7 Å². The van der Waals surface area contributed by atoms with Gasteiger partial charge in [-0.05, 0) is 42.2 Å². The van der Waals surface area contributed by atoms with E-state index in [1.807, 2.05) is 12.1 Å². The zero-order chi connectivity index (χ0) is 17.2. The molecule has 2 rings (SSSR count). The molecule has 7 heteroatoms. The third-order valence-corrected chi connectivity index (χ3v) is 5.53. The molecule has 0 radical (unpaired) electrons. The lowest BCUT2D eigenvalue weighted by Gasteiger charge is -2.13. The van der Waals surface area contributed by atoms with Gasteiger partial charge in [0.2, 0.25) is 0 Å². The van der Waals surface area contributed by atoms with Crippen LogP contribution in [-0.4, -0.2) is 13.5 Å². The molecule has 0 saturated heterocycles. The summed E-state index contributed by atoms with van der Waals surface area (Å²) < 4.78 is 27.2. The maximum atomic E-state index is 12.4. The second kappa shape index (κ2) is 6.99. The molecule has 0 aliphatic rings. The Morgan fingerprint density at radius 2 is 1.78 bits per heavy atom. The quantitative estimate of drug-likeness (QED) is 0.773. The Bertz CT molecular complexity index is 805. The zero-order valence-electron chi connectivity index (χ0n) is 12.7. The van der Waals surface area contributed by atoms with E-state index in [4.69, 9.17) is 23.2 Å². The Labute approximate surface area is 146 Å². The van der Waals surface area contributed by atoms with Crippen molar-refractivity contribution in [2.75, 3.05) is 4.72 Å². The number of hydrogen-bond donors (Lipinski definition) is 2. The number of phenolic OH excluding ortho intramolecular Hbond substituents is 1. The highest BCUT2D eigenvalue weighted by atomic mass is 35.5. The molecule has 2 N–H and O–H groups in total. The molecule has 0 fully saturated rings. The first-order valence-corrected chi connectivity index (χ1v) is 9.29. The summed E-state index contributed by atoms with van der Waals surface area (Å²) >= 11 is 11.6. The number of hydrogen-bond acceptors (Lipinski definition) is 3. The molecule has 0 bridgehead atoms. The van der Waals surface area contributed by atoms with E-state index in [0.29, 0.717) is 11.6 Å². The number of aromatic hydroxyl groups is 1. The molecule has 1 unspecified atom stereocenters. The minimum atomic E-state index is -4.00. The number of halogens is 2. The molecular formula is C16H17Cl2NO3S. The molecule has 1 atom stereocenters.